The van der Waals surface area contributed by atoms with Gasteiger partial charge in [-0.2, -0.15) is 0 Å². The second kappa shape index (κ2) is 5.84. The minimum atomic E-state index is -0.339. The summed E-state index contributed by atoms with van der Waals surface area (Å²) in [5.41, 5.74) is 2.43. The molecule has 0 aliphatic heterocycles. The highest BCUT2D eigenvalue weighted by Crippen LogP contribution is 2.26. The summed E-state index contributed by atoms with van der Waals surface area (Å²) in [4.78, 5) is 11.7. The molecular weight excluding hydrogens is 264 g/mol. The number of terminal acetylenes is 1. The van der Waals surface area contributed by atoms with Crippen LogP contribution in [0.5, 0.6) is 0 Å². The maximum Gasteiger partial charge on any atom is 0.274 e. The molecule has 0 atom stereocenters. The topological polar surface area (TPSA) is 55.1 Å². The first-order valence-corrected chi connectivity index (χ1v) is 6.71. The fraction of sp³-hybridized carbons (Fsp3) is 0.294. The summed E-state index contributed by atoms with van der Waals surface area (Å²) in [5, 5.41) is 6.31. The summed E-state index contributed by atoms with van der Waals surface area (Å²) in [6.45, 7) is 6.64. The van der Waals surface area contributed by atoms with Crippen LogP contribution in [0, 0.1) is 12.3 Å². The first kappa shape index (κ1) is 14.9. The van der Waals surface area contributed by atoms with Crippen molar-refractivity contribution in [2.24, 2.45) is 0 Å². The zero-order valence-electron chi connectivity index (χ0n) is 12.4. The molecule has 1 aromatic carbocycles. The van der Waals surface area contributed by atoms with Gasteiger partial charge in [-0.25, -0.2) is 0 Å². The van der Waals surface area contributed by atoms with E-state index in [0.29, 0.717) is 5.76 Å². The molecule has 0 spiro atoms. The van der Waals surface area contributed by atoms with Gasteiger partial charge in [0.15, 0.2) is 11.5 Å². The third-order valence-corrected chi connectivity index (χ3v) is 3.13. The van der Waals surface area contributed by atoms with Crippen LogP contribution in [0.25, 0.3) is 11.3 Å². The lowest BCUT2D eigenvalue weighted by Crippen LogP contribution is -2.23. The number of carbonyl (C=O) groups is 1. The average Bonchev–Trinajstić information content (AvgIpc) is 2.94. The fourth-order valence-corrected chi connectivity index (χ4v) is 1.87. The summed E-state index contributed by atoms with van der Waals surface area (Å²) in [7, 11) is 0. The Hall–Kier alpha value is -2.54. The molecule has 0 unspecified atom stereocenters. The number of hydrogen-bond donors (Lipinski definition) is 1. The van der Waals surface area contributed by atoms with Gasteiger partial charge < -0.3 is 9.84 Å². The van der Waals surface area contributed by atoms with Crippen molar-refractivity contribution in [2.75, 3.05) is 6.54 Å². The van der Waals surface area contributed by atoms with Gasteiger partial charge in [-0.15, -0.1) is 6.42 Å². The van der Waals surface area contributed by atoms with Gasteiger partial charge in [0, 0.05) is 11.6 Å². The van der Waals surface area contributed by atoms with Crippen LogP contribution in [-0.4, -0.2) is 17.6 Å². The van der Waals surface area contributed by atoms with Crippen LogP contribution in [0.4, 0.5) is 0 Å². The molecule has 2 aromatic rings. The van der Waals surface area contributed by atoms with Crippen LogP contribution in [0.1, 0.15) is 36.8 Å². The van der Waals surface area contributed by atoms with E-state index >= 15 is 0 Å². The number of hydrogen-bond acceptors (Lipinski definition) is 3. The van der Waals surface area contributed by atoms with Crippen molar-refractivity contribution in [2.45, 2.75) is 26.2 Å². The monoisotopic (exact) mass is 282 g/mol. The Morgan fingerprint density at radius 3 is 2.57 bits per heavy atom. The zero-order valence-corrected chi connectivity index (χ0v) is 12.4. The first-order valence-electron chi connectivity index (χ1n) is 6.71. The molecule has 0 aliphatic rings. The Morgan fingerprint density at radius 2 is 2.00 bits per heavy atom. The molecule has 21 heavy (non-hydrogen) atoms. The summed E-state index contributed by atoms with van der Waals surface area (Å²) >= 11 is 0. The third-order valence-electron chi connectivity index (χ3n) is 3.13. The summed E-state index contributed by atoms with van der Waals surface area (Å²) in [5.74, 6) is 2.55. The number of aromatic nitrogens is 1. The van der Waals surface area contributed by atoms with E-state index in [1.54, 1.807) is 6.07 Å². The van der Waals surface area contributed by atoms with Gasteiger partial charge in [-0.1, -0.05) is 56.1 Å². The summed E-state index contributed by atoms with van der Waals surface area (Å²) in [6, 6.07) is 9.64. The largest absolute Gasteiger partial charge is 0.355 e. The molecule has 1 amide bonds. The Kier molecular flexibility index (Phi) is 4.13. The number of amides is 1. The van der Waals surface area contributed by atoms with Crippen LogP contribution in [0.15, 0.2) is 34.9 Å². The molecular formula is C17H18N2O2. The van der Waals surface area contributed by atoms with Crippen LogP contribution in [-0.2, 0) is 5.41 Å². The lowest BCUT2D eigenvalue weighted by molar-refractivity contribution is 0.0950. The number of nitrogens with zero attached hydrogens (tertiary/aromatic N) is 1. The molecule has 1 aromatic heterocycles. The molecule has 1 heterocycles. The quantitative estimate of drug-likeness (QED) is 0.880. The predicted molar refractivity (Wildman–Crippen MR) is 81.8 cm³/mol. The molecule has 1 N–H and O–H groups in total. The molecule has 108 valence electrons. The Bertz CT molecular complexity index is 670. The normalized spacial score (nSPS) is 11.0. The first-order chi connectivity index (χ1) is 9.91. The van der Waals surface area contributed by atoms with Crippen molar-refractivity contribution >= 4 is 5.91 Å². The minimum absolute atomic E-state index is 0.0974. The highest BCUT2D eigenvalue weighted by atomic mass is 16.5. The van der Waals surface area contributed by atoms with E-state index in [0.717, 1.165) is 5.56 Å². The Labute approximate surface area is 124 Å². The van der Waals surface area contributed by atoms with E-state index in [1.165, 1.54) is 5.56 Å². The van der Waals surface area contributed by atoms with Gasteiger partial charge in [-0.05, 0) is 11.0 Å². The maximum absolute atomic E-state index is 11.7. The smallest absolute Gasteiger partial charge is 0.274 e. The van der Waals surface area contributed by atoms with Crippen molar-refractivity contribution in [1.29, 1.82) is 0 Å². The van der Waals surface area contributed by atoms with Gasteiger partial charge in [0.25, 0.3) is 5.91 Å². The van der Waals surface area contributed by atoms with Gasteiger partial charge >= 0.3 is 0 Å². The Balaban J connectivity index is 2.18. The van der Waals surface area contributed by atoms with Crippen molar-refractivity contribution in [1.82, 2.24) is 10.5 Å². The maximum atomic E-state index is 11.7. The van der Waals surface area contributed by atoms with Crippen molar-refractivity contribution in [3.05, 3.63) is 41.6 Å². The second-order valence-electron chi connectivity index (χ2n) is 5.79. The highest BCUT2D eigenvalue weighted by Gasteiger charge is 2.15. The Morgan fingerprint density at radius 1 is 1.33 bits per heavy atom. The fourth-order valence-electron chi connectivity index (χ4n) is 1.87. The zero-order chi connectivity index (χ0) is 15.5. The summed E-state index contributed by atoms with van der Waals surface area (Å²) in [6.07, 6.45) is 5.09. The second-order valence-corrected chi connectivity index (χ2v) is 5.79. The van der Waals surface area contributed by atoms with Gasteiger partial charge in [-0.3, -0.25) is 4.79 Å². The molecule has 0 saturated heterocycles. The lowest BCUT2D eigenvalue weighted by atomic mass is 9.86. The molecule has 0 radical (unpaired) electrons. The summed E-state index contributed by atoms with van der Waals surface area (Å²) < 4.78 is 5.21. The van der Waals surface area contributed by atoms with E-state index in [9.17, 15) is 4.79 Å². The standard InChI is InChI=1S/C17H18N2O2/c1-5-10-18-16(20)14-11-15(21-19-14)12-6-8-13(9-7-12)17(2,3)4/h1,6-9,11H,10H2,2-4H3,(H,18,20). The highest BCUT2D eigenvalue weighted by molar-refractivity contribution is 5.93. The van der Waals surface area contributed by atoms with Crippen LogP contribution in [0.2, 0.25) is 0 Å². The number of benzene rings is 1. The van der Waals surface area contributed by atoms with E-state index < -0.39 is 0 Å². The third kappa shape index (κ3) is 3.51. The minimum Gasteiger partial charge on any atom is -0.355 e. The number of carbonyl (C=O) groups excluding carboxylic acids is 1. The van der Waals surface area contributed by atoms with Gasteiger partial charge in [0.1, 0.15) is 0 Å². The molecule has 0 fully saturated rings. The molecule has 4 heteroatoms. The average molecular weight is 282 g/mol. The van der Waals surface area contributed by atoms with Crippen LogP contribution < -0.4 is 5.32 Å². The van der Waals surface area contributed by atoms with Crippen LogP contribution in [0.3, 0.4) is 0 Å². The van der Waals surface area contributed by atoms with Crippen molar-refractivity contribution in [3.63, 3.8) is 0 Å². The molecule has 0 saturated carbocycles. The van der Waals surface area contributed by atoms with E-state index in [-0.39, 0.29) is 23.6 Å². The van der Waals surface area contributed by atoms with E-state index in [4.69, 9.17) is 10.9 Å². The van der Waals surface area contributed by atoms with E-state index in [2.05, 4.69) is 49.3 Å². The molecule has 0 aliphatic carbocycles. The molecule has 4 nitrogen and oxygen atoms in total. The number of nitrogens with one attached hydrogen (secondary N) is 1. The molecule has 0 bridgehead atoms. The predicted octanol–water partition coefficient (Wildman–Crippen LogP) is 3.00. The molecule has 2 rings (SSSR count). The van der Waals surface area contributed by atoms with Crippen molar-refractivity contribution < 1.29 is 9.32 Å². The van der Waals surface area contributed by atoms with E-state index in [1.807, 2.05) is 12.1 Å². The number of rotatable bonds is 3. The van der Waals surface area contributed by atoms with Crippen LogP contribution >= 0.6 is 0 Å². The SMILES string of the molecule is C#CCNC(=O)c1cc(-c2ccc(C(C)(C)C)cc2)on1. The van der Waals surface area contributed by atoms with Gasteiger partial charge in [0.2, 0.25) is 0 Å². The van der Waals surface area contributed by atoms with Crippen molar-refractivity contribution in [3.8, 4) is 23.7 Å². The van der Waals surface area contributed by atoms with Gasteiger partial charge in [0.05, 0.1) is 6.54 Å². The lowest BCUT2D eigenvalue weighted by Gasteiger charge is -2.18.